The molecule has 2 aliphatic rings. The number of amides is 1. The van der Waals surface area contributed by atoms with Crippen LogP contribution in [0.1, 0.15) is 5.56 Å². The summed E-state index contributed by atoms with van der Waals surface area (Å²) in [6.45, 7) is 6.60. The summed E-state index contributed by atoms with van der Waals surface area (Å²) in [5.41, 5.74) is 0.915. The van der Waals surface area contributed by atoms with Crippen molar-refractivity contribution in [3.63, 3.8) is 0 Å². The fraction of sp³-hybridized carbons (Fsp3) is 0.393. The summed E-state index contributed by atoms with van der Waals surface area (Å²) in [6, 6.07) is 18.8. The third kappa shape index (κ3) is 8.20. The van der Waals surface area contributed by atoms with Crippen LogP contribution in [0.3, 0.4) is 0 Å². The van der Waals surface area contributed by atoms with Gasteiger partial charge < -0.3 is 19.3 Å². The molecular formula is C28H34N6O7S2. The number of sulfonamides is 1. The van der Waals surface area contributed by atoms with Crippen LogP contribution in [-0.2, 0) is 21.3 Å². The number of hydrogen-bond donors (Lipinski definition) is 1. The molecule has 0 spiro atoms. The van der Waals surface area contributed by atoms with E-state index in [2.05, 4.69) is 21.9 Å². The Bertz CT molecular complexity index is 1500. The molecule has 2 aromatic carbocycles. The molecule has 230 valence electrons. The molecule has 2 N–H and O–H groups in total. The van der Waals surface area contributed by atoms with Gasteiger partial charge in [0, 0.05) is 71.5 Å². The highest BCUT2D eigenvalue weighted by molar-refractivity contribution is 7.91. The van der Waals surface area contributed by atoms with Crippen molar-refractivity contribution in [1.82, 2.24) is 14.7 Å². The summed E-state index contributed by atoms with van der Waals surface area (Å²) in [4.78, 5) is 31.4. The SMILES string of the molecule is NS(=O)(=O)c1cc([N+](=O)[O-])c(N2CCN(C(=O)OCCN3CCN(Cc4ccc(Oc5ccccc5)cc4)CC3)CC2)s1. The molecule has 0 aliphatic carbocycles. The second-order valence-electron chi connectivity index (χ2n) is 10.3. The zero-order valence-corrected chi connectivity index (χ0v) is 25.2. The predicted octanol–water partition coefficient (Wildman–Crippen LogP) is 3.17. The van der Waals surface area contributed by atoms with Gasteiger partial charge in [-0.15, -0.1) is 0 Å². The van der Waals surface area contributed by atoms with Crippen molar-refractivity contribution in [2.75, 3.05) is 70.4 Å². The Labute approximate surface area is 254 Å². The molecular weight excluding hydrogens is 596 g/mol. The Hall–Kier alpha value is -3.76. The molecule has 3 aromatic rings. The monoisotopic (exact) mass is 630 g/mol. The molecule has 1 aromatic heterocycles. The summed E-state index contributed by atoms with van der Waals surface area (Å²) in [5, 5.41) is 16.8. The number of primary sulfonamides is 1. The second-order valence-corrected chi connectivity index (χ2v) is 13.1. The minimum atomic E-state index is -4.06. The lowest BCUT2D eigenvalue weighted by Crippen LogP contribution is -2.49. The number of para-hydroxylation sites is 1. The van der Waals surface area contributed by atoms with Crippen molar-refractivity contribution in [2.45, 2.75) is 10.8 Å². The van der Waals surface area contributed by atoms with Gasteiger partial charge in [-0.1, -0.05) is 41.7 Å². The number of hydrogen-bond acceptors (Lipinski definition) is 11. The maximum Gasteiger partial charge on any atom is 0.409 e. The van der Waals surface area contributed by atoms with E-state index in [9.17, 15) is 23.3 Å². The van der Waals surface area contributed by atoms with Gasteiger partial charge in [0.25, 0.3) is 0 Å². The topological polar surface area (TPSA) is 152 Å². The fourth-order valence-corrected chi connectivity index (χ4v) is 6.90. The summed E-state index contributed by atoms with van der Waals surface area (Å²) < 4.78 is 34.5. The number of nitrogens with two attached hydrogens (primary N) is 1. The Balaban J connectivity index is 0.998. The maximum atomic E-state index is 12.6. The van der Waals surface area contributed by atoms with Crippen LogP contribution >= 0.6 is 11.3 Å². The van der Waals surface area contributed by atoms with Crippen LogP contribution in [0.25, 0.3) is 0 Å². The maximum absolute atomic E-state index is 12.6. The molecule has 15 heteroatoms. The lowest BCUT2D eigenvalue weighted by Gasteiger charge is -2.35. The van der Waals surface area contributed by atoms with E-state index in [0.29, 0.717) is 32.7 Å². The van der Waals surface area contributed by atoms with Gasteiger partial charge in [0.05, 0.1) is 4.92 Å². The van der Waals surface area contributed by atoms with E-state index in [4.69, 9.17) is 14.6 Å². The largest absolute Gasteiger partial charge is 0.457 e. The second kappa shape index (κ2) is 13.7. The third-order valence-electron chi connectivity index (χ3n) is 7.38. The van der Waals surface area contributed by atoms with Crippen LogP contribution in [0, 0.1) is 10.1 Å². The van der Waals surface area contributed by atoms with E-state index < -0.39 is 21.0 Å². The minimum Gasteiger partial charge on any atom is -0.457 e. The first-order chi connectivity index (χ1) is 20.7. The number of thiophene rings is 1. The van der Waals surface area contributed by atoms with Gasteiger partial charge in [-0.2, -0.15) is 0 Å². The normalized spacial score (nSPS) is 16.7. The van der Waals surface area contributed by atoms with Gasteiger partial charge in [0.15, 0.2) is 5.00 Å². The summed E-state index contributed by atoms with van der Waals surface area (Å²) in [7, 11) is -4.06. The van der Waals surface area contributed by atoms with E-state index >= 15 is 0 Å². The van der Waals surface area contributed by atoms with Crippen LogP contribution in [-0.4, -0.2) is 99.6 Å². The molecule has 0 bridgehead atoms. The molecule has 3 heterocycles. The van der Waals surface area contributed by atoms with Crippen LogP contribution in [0.15, 0.2) is 64.9 Å². The van der Waals surface area contributed by atoms with Gasteiger partial charge in [0.2, 0.25) is 10.0 Å². The molecule has 43 heavy (non-hydrogen) atoms. The molecule has 0 unspecified atom stereocenters. The van der Waals surface area contributed by atoms with E-state index in [1.807, 2.05) is 42.5 Å². The molecule has 13 nitrogen and oxygen atoms in total. The number of carbonyl (C=O) groups is 1. The highest BCUT2D eigenvalue weighted by Gasteiger charge is 2.31. The van der Waals surface area contributed by atoms with Crippen LogP contribution in [0.5, 0.6) is 11.5 Å². The summed E-state index contributed by atoms with van der Waals surface area (Å²) in [6.07, 6.45) is -0.427. The van der Waals surface area contributed by atoms with Gasteiger partial charge >= 0.3 is 11.8 Å². The van der Waals surface area contributed by atoms with Crippen LogP contribution in [0.2, 0.25) is 0 Å². The first kappa shape index (κ1) is 30.7. The van der Waals surface area contributed by atoms with Crippen molar-refractivity contribution in [2.24, 2.45) is 5.14 Å². The fourth-order valence-electron chi connectivity index (χ4n) is 5.01. The minimum absolute atomic E-state index is 0.218. The van der Waals surface area contributed by atoms with Gasteiger partial charge in [-0.3, -0.25) is 19.9 Å². The highest BCUT2D eigenvalue weighted by Crippen LogP contribution is 2.39. The Morgan fingerprint density at radius 2 is 1.53 bits per heavy atom. The summed E-state index contributed by atoms with van der Waals surface area (Å²) >= 11 is 0.764. The average Bonchev–Trinajstić information content (AvgIpc) is 3.47. The number of nitro groups is 1. The Morgan fingerprint density at radius 1 is 0.907 bits per heavy atom. The first-order valence-corrected chi connectivity index (χ1v) is 16.3. The number of rotatable bonds is 10. The number of carbonyl (C=O) groups excluding carboxylic acids is 1. The van der Waals surface area contributed by atoms with E-state index in [-0.39, 0.29) is 21.5 Å². The van der Waals surface area contributed by atoms with Crippen LogP contribution < -0.4 is 14.8 Å². The molecule has 2 aliphatic heterocycles. The van der Waals surface area contributed by atoms with E-state index in [1.54, 1.807) is 9.80 Å². The van der Waals surface area contributed by atoms with Crippen molar-refractivity contribution >= 4 is 38.1 Å². The van der Waals surface area contributed by atoms with Crippen molar-refractivity contribution < 1.29 is 27.6 Å². The predicted molar refractivity (Wildman–Crippen MR) is 162 cm³/mol. The lowest BCUT2D eigenvalue weighted by atomic mass is 10.2. The zero-order chi connectivity index (χ0) is 30.4. The number of ether oxygens (including phenoxy) is 2. The smallest absolute Gasteiger partial charge is 0.409 e. The van der Waals surface area contributed by atoms with Gasteiger partial charge in [-0.25, -0.2) is 18.4 Å². The van der Waals surface area contributed by atoms with E-state index in [0.717, 1.165) is 61.6 Å². The first-order valence-electron chi connectivity index (χ1n) is 13.9. The number of anilines is 1. The van der Waals surface area contributed by atoms with Crippen molar-refractivity contribution in [3.8, 4) is 11.5 Å². The average molecular weight is 631 g/mol. The van der Waals surface area contributed by atoms with Crippen molar-refractivity contribution in [3.05, 3.63) is 76.3 Å². The molecule has 2 saturated heterocycles. The highest BCUT2D eigenvalue weighted by atomic mass is 32.2. The van der Waals surface area contributed by atoms with Crippen LogP contribution in [0.4, 0.5) is 15.5 Å². The van der Waals surface area contributed by atoms with Crippen molar-refractivity contribution in [1.29, 1.82) is 0 Å². The quantitative estimate of drug-likeness (QED) is 0.261. The standard InChI is InChI=1S/C28H34N6O7S2/c29-43(38,39)26-20-25(34(36)37)27(42-26)32-14-16-33(17-15-32)28(35)40-19-18-30-10-12-31(13-11-30)21-22-6-8-24(9-7-22)41-23-4-2-1-3-5-23/h1-9,20H,10-19,21H2,(H2,29,38,39). The molecule has 1 amide bonds. The van der Waals surface area contributed by atoms with Gasteiger partial charge in [-0.05, 0) is 29.8 Å². The zero-order valence-electron chi connectivity index (χ0n) is 23.5. The van der Waals surface area contributed by atoms with Gasteiger partial charge in [0.1, 0.15) is 22.3 Å². The Morgan fingerprint density at radius 3 is 2.16 bits per heavy atom. The Kier molecular flexibility index (Phi) is 9.77. The third-order valence-corrected chi connectivity index (χ3v) is 9.98. The molecule has 0 saturated carbocycles. The number of piperazine rings is 2. The molecule has 5 rings (SSSR count). The molecule has 2 fully saturated rings. The number of benzene rings is 2. The molecule has 0 radical (unpaired) electrons. The lowest BCUT2D eigenvalue weighted by molar-refractivity contribution is -0.383. The molecule has 0 atom stereocenters. The summed E-state index contributed by atoms with van der Waals surface area (Å²) in [5.74, 6) is 1.62. The number of nitrogens with zero attached hydrogens (tertiary/aromatic N) is 5. The van der Waals surface area contributed by atoms with E-state index in [1.165, 1.54) is 5.56 Å².